The zero-order valence-corrected chi connectivity index (χ0v) is 20.7. The first-order valence-corrected chi connectivity index (χ1v) is 11.7. The lowest BCUT2D eigenvalue weighted by Gasteiger charge is -2.43. The van der Waals surface area contributed by atoms with E-state index in [1.54, 1.807) is 18.2 Å². The fourth-order valence-corrected chi connectivity index (χ4v) is 5.49. The Bertz CT molecular complexity index is 1020. The van der Waals surface area contributed by atoms with E-state index in [0.29, 0.717) is 22.9 Å². The summed E-state index contributed by atoms with van der Waals surface area (Å²) < 4.78 is 5.81. The van der Waals surface area contributed by atoms with Crippen LogP contribution in [0.15, 0.2) is 48.5 Å². The van der Waals surface area contributed by atoms with Crippen LogP contribution in [0.5, 0.6) is 0 Å². The van der Waals surface area contributed by atoms with Crippen LogP contribution < -0.4 is 5.32 Å². The van der Waals surface area contributed by atoms with Crippen LogP contribution in [0.25, 0.3) is 0 Å². The minimum atomic E-state index is -1.05. The molecule has 32 heavy (non-hydrogen) atoms. The lowest BCUT2D eigenvalue weighted by atomic mass is 9.58. The van der Waals surface area contributed by atoms with Crippen LogP contribution in [0, 0.1) is 11.3 Å². The van der Waals surface area contributed by atoms with E-state index < -0.39 is 28.5 Å². The highest BCUT2D eigenvalue weighted by Crippen LogP contribution is 2.56. The molecule has 3 atom stereocenters. The van der Waals surface area contributed by atoms with Gasteiger partial charge in [0.2, 0.25) is 0 Å². The molecule has 170 valence electrons. The minimum Gasteiger partial charge on any atom is -0.459 e. The molecule has 0 spiro atoms. The first-order valence-electron chi connectivity index (χ1n) is 11.0. The van der Waals surface area contributed by atoms with Crippen molar-refractivity contribution in [1.29, 1.82) is 5.26 Å². The highest BCUT2D eigenvalue weighted by Gasteiger charge is 2.66. The molecule has 6 heteroatoms. The first kappa shape index (κ1) is 24.6. The number of halogens is 2. The quantitative estimate of drug-likeness (QED) is 0.510. The number of nitriles is 1. The summed E-state index contributed by atoms with van der Waals surface area (Å²) in [4.78, 5) is 13.5. The SMILES string of the molecule is CCC1(CC)NC(C(=O)OC(C)(C)C)C(c2cccc(Cl)c2)C1(C#N)c1ccc(Cl)cc1. The third kappa shape index (κ3) is 4.15. The van der Waals surface area contributed by atoms with Gasteiger partial charge in [-0.3, -0.25) is 10.1 Å². The molecule has 1 N–H and O–H groups in total. The van der Waals surface area contributed by atoms with Crippen molar-refractivity contribution in [2.24, 2.45) is 0 Å². The maximum atomic E-state index is 13.5. The number of benzene rings is 2. The van der Waals surface area contributed by atoms with E-state index in [9.17, 15) is 10.1 Å². The highest BCUT2D eigenvalue weighted by atomic mass is 35.5. The monoisotopic (exact) mass is 472 g/mol. The van der Waals surface area contributed by atoms with E-state index in [1.807, 2.05) is 65.0 Å². The van der Waals surface area contributed by atoms with E-state index in [0.717, 1.165) is 11.1 Å². The van der Waals surface area contributed by atoms with Gasteiger partial charge in [0.25, 0.3) is 0 Å². The van der Waals surface area contributed by atoms with Gasteiger partial charge in [0.05, 0.1) is 6.07 Å². The van der Waals surface area contributed by atoms with Crippen LogP contribution >= 0.6 is 23.2 Å². The maximum absolute atomic E-state index is 13.5. The molecular weight excluding hydrogens is 443 g/mol. The molecule has 3 unspecified atom stereocenters. The third-order valence-electron chi connectivity index (χ3n) is 6.54. The zero-order valence-electron chi connectivity index (χ0n) is 19.2. The second-order valence-electron chi connectivity index (χ2n) is 9.40. The molecule has 0 amide bonds. The van der Waals surface area contributed by atoms with E-state index >= 15 is 0 Å². The number of ether oxygens (including phenoxy) is 1. The van der Waals surface area contributed by atoms with E-state index in [1.165, 1.54) is 0 Å². The molecule has 0 aromatic heterocycles. The lowest BCUT2D eigenvalue weighted by molar-refractivity contribution is -0.157. The number of nitrogens with one attached hydrogen (secondary N) is 1. The summed E-state index contributed by atoms with van der Waals surface area (Å²) in [6, 6.07) is 16.7. The van der Waals surface area contributed by atoms with Gasteiger partial charge in [-0.2, -0.15) is 5.26 Å². The van der Waals surface area contributed by atoms with Gasteiger partial charge < -0.3 is 4.74 Å². The van der Waals surface area contributed by atoms with Gasteiger partial charge in [-0.1, -0.05) is 61.3 Å². The molecule has 0 radical (unpaired) electrons. The van der Waals surface area contributed by atoms with Crippen molar-refractivity contribution in [3.63, 3.8) is 0 Å². The summed E-state index contributed by atoms with van der Waals surface area (Å²) in [5.74, 6) is -0.887. The van der Waals surface area contributed by atoms with Crippen LogP contribution in [0.2, 0.25) is 10.0 Å². The predicted octanol–water partition coefficient (Wildman–Crippen LogP) is 6.41. The van der Waals surface area contributed by atoms with E-state index in [4.69, 9.17) is 27.9 Å². The van der Waals surface area contributed by atoms with Gasteiger partial charge in [-0.25, -0.2) is 0 Å². The van der Waals surface area contributed by atoms with Crippen LogP contribution in [0.4, 0.5) is 0 Å². The van der Waals surface area contributed by atoms with E-state index in [-0.39, 0.29) is 5.97 Å². The second-order valence-corrected chi connectivity index (χ2v) is 10.3. The molecule has 0 bridgehead atoms. The standard InChI is InChI=1S/C26H30Cl2N2O2/c1-6-25(7-2)26(16-29,18-11-13-19(27)14-12-18)21(17-9-8-10-20(28)15-17)22(30-25)23(31)32-24(3,4)5/h8-15,21-22,30H,6-7H2,1-5H3. The second kappa shape index (κ2) is 9.06. The van der Waals surface area contributed by atoms with Crippen molar-refractivity contribution in [1.82, 2.24) is 5.32 Å². The average molecular weight is 473 g/mol. The smallest absolute Gasteiger partial charge is 0.324 e. The molecular formula is C26H30Cl2N2O2. The minimum absolute atomic E-state index is 0.375. The summed E-state index contributed by atoms with van der Waals surface area (Å²) in [7, 11) is 0. The number of carbonyl (C=O) groups is 1. The molecule has 1 fully saturated rings. The van der Waals surface area contributed by atoms with Crippen LogP contribution in [0.3, 0.4) is 0 Å². The number of esters is 1. The molecule has 1 saturated heterocycles. The Morgan fingerprint density at radius 1 is 1.09 bits per heavy atom. The Hall–Kier alpha value is -2.06. The average Bonchev–Trinajstić information content (AvgIpc) is 3.05. The van der Waals surface area contributed by atoms with E-state index in [2.05, 4.69) is 11.4 Å². The Labute approximate surface area is 200 Å². The molecule has 3 rings (SSSR count). The fourth-order valence-electron chi connectivity index (χ4n) is 5.17. The van der Waals surface area contributed by atoms with Gasteiger partial charge in [0.15, 0.2) is 0 Å². The molecule has 0 aliphatic carbocycles. The Morgan fingerprint density at radius 3 is 2.22 bits per heavy atom. The molecule has 2 aromatic carbocycles. The summed E-state index contributed by atoms with van der Waals surface area (Å²) in [6.07, 6.45) is 1.30. The number of carbonyl (C=O) groups excluding carboxylic acids is 1. The van der Waals surface area contributed by atoms with Crippen LogP contribution in [-0.2, 0) is 14.9 Å². The Morgan fingerprint density at radius 2 is 1.72 bits per heavy atom. The first-order chi connectivity index (χ1) is 15.0. The number of rotatable bonds is 5. The molecule has 4 nitrogen and oxygen atoms in total. The maximum Gasteiger partial charge on any atom is 0.324 e. The Kier molecular flexibility index (Phi) is 6.96. The van der Waals surface area contributed by atoms with Crippen molar-refractivity contribution < 1.29 is 9.53 Å². The third-order valence-corrected chi connectivity index (χ3v) is 7.03. The van der Waals surface area contributed by atoms with Gasteiger partial charge in [0.1, 0.15) is 17.1 Å². The lowest BCUT2D eigenvalue weighted by Crippen LogP contribution is -2.55. The van der Waals surface area contributed by atoms with Crippen molar-refractivity contribution in [3.05, 3.63) is 69.7 Å². The number of nitrogens with zero attached hydrogens (tertiary/aromatic N) is 1. The fraction of sp³-hybridized carbons (Fsp3) is 0.462. The number of hydrogen-bond acceptors (Lipinski definition) is 4. The van der Waals surface area contributed by atoms with Gasteiger partial charge in [-0.05, 0) is 69.0 Å². The molecule has 1 aliphatic heterocycles. The summed E-state index contributed by atoms with van der Waals surface area (Å²) >= 11 is 12.5. The van der Waals surface area contributed by atoms with Crippen LogP contribution in [0.1, 0.15) is 64.5 Å². The molecule has 0 saturated carbocycles. The summed E-state index contributed by atoms with van der Waals surface area (Å²) in [6.45, 7) is 9.63. The summed E-state index contributed by atoms with van der Waals surface area (Å²) in [5.41, 5.74) is -0.730. The molecule has 1 aliphatic rings. The predicted molar refractivity (Wildman–Crippen MR) is 129 cm³/mol. The van der Waals surface area contributed by atoms with Crippen molar-refractivity contribution >= 4 is 29.2 Å². The topological polar surface area (TPSA) is 62.1 Å². The van der Waals surface area contributed by atoms with Crippen molar-refractivity contribution in [3.8, 4) is 6.07 Å². The summed E-state index contributed by atoms with van der Waals surface area (Å²) in [5, 5.41) is 15.6. The zero-order chi connectivity index (χ0) is 23.7. The van der Waals surface area contributed by atoms with Gasteiger partial charge >= 0.3 is 5.97 Å². The van der Waals surface area contributed by atoms with Crippen molar-refractivity contribution in [2.75, 3.05) is 0 Å². The van der Waals surface area contributed by atoms with Gasteiger partial charge in [-0.15, -0.1) is 0 Å². The molecule has 1 heterocycles. The highest BCUT2D eigenvalue weighted by molar-refractivity contribution is 6.30. The van der Waals surface area contributed by atoms with Crippen molar-refractivity contribution in [2.45, 2.75) is 76.0 Å². The number of hydrogen-bond donors (Lipinski definition) is 1. The normalized spacial score (nSPS) is 24.7. The Balaban J connectivity index is 2.33. The van der Waals surface area contributed by atoms with Gasteiger partial charge in [0, 0.05) is 21.5 Å². The molecule has 2 aromatic rings. The van der Waals surface area contributed by atoms with Crippen LogP contribution in [-0.4, -0.2) is 23.2 Å². The largest absolute Gasteiger partial charge is 0.459 e.